The lowest BCUT2D eigenvalue weighted by molar-refractivity contribution is 0.0964. The number of nitrogens with one attached hydrogen (secondary N) is 2. The molecule has 0 saturated carbocycles. The van der Waals surface area contributed by atoms with Gasteiger partial charge in [0.15, 0.2) is 0 Å². The van der Waals surface area contributed by atoms with Gasteiger partial charge in [0.1, 0.15) is 5.82 Å². The number of nitrogens with zero attached hydrogens (tertiary/aromatic N) is 2. The normalized spacial score (nSPS) is 16.4. The molecule has 7 nitrogen and oxygen atoms in total. The quantitative estimate of drug-likeness (QED) is 0.650. The molecule has 2 aromatic carbocycles. The molecule has 0 spiro atoms. The number of anilines is 2. The van der Waals surface area contributed by atoms with Crippen molar-refractivity contribution >= 4 is 28.4 Å². The minimum Gasteiger partial charge on any atom is -0.376 e. The van der Waals surface area contributed by atoms with E-state index >= 15 is 0 Å². The van der Waals surface area contributed by atoms with E-state index in [-0.39, 0.29) is 11.5 Å². The van der Waals surface area contributed by atoms with Gasteiger partial charge in [-0.2, -0.15) is 4.98 Å². The molecule has 162 valence electrons. The highest BCUT2D eigenvalue weighted by Crippen LogP contribution is 2.25. The summed E-state index contributed by atoms with van der Waals surface area (Å²) in [7, 11) is 0. The molecule has 0 unspecified atom stereocenters. The number of carbonyl (C=O) groups is 1. The number of fused-ring (bicyclic) bond motifs is 1. The second-order valence-electron chi connectivity index (χ2n) is 8.91. The monoisotopic (exact) mass is 420 g/mol. The van der Waals surface area contributed by atoms with Gasteiger partial charge in [0.2, 0.25) is 0 Å². The van der Waals surface area contributed by atoms with Gasteiger partial charge in [-0.05, 0) is 48.1 Å². The minimum absolute atomic E-state index is 0.0368. The number of hydrogen-bond donors (Lipinski definition) is 2. The van der Waals surface area contributed by atoms with E-state index in [2.05, 4.69) is 36.4 Å². The van der Waals surface area contributed by atoms with Gasteiger partial charge in [-0.25, -0.2) is 9.59 Å². The Kier molecular flexibility index (Phi) is 5.78. The van der Waals surface area contributed by atoms with Gasteiger partial charge in [-0.1, -0.05) is 45.0 Å². The van der Waals surface area contributed by atoms with E-state index in [0.717, 1.165) is 12.8 Å². The van der Waals surface area contributed by atoms with Crippen molar-refractivity contribution in [2.45, 2.75) is 51.7 Å². The topological polar surface area (TPSA) is 85.3 Å². The van der Waals surface area contributed by atoms with Crippen LogP contribution in [-0.2, 0) is 16.7 Å². The first-order chi connectivity index (χ1) is 14.8. The summed E-state index contributed by atoms with van der Waals surface area (Å²) in [6, 6.07) is 14.6. The smallest absolute Gasteiger partial charge is 0.349 e. The third-order valence-corrected chi connectivity index (χ3v) is 5.53. The molecule has 1 aliphatic heterocycles. The average molecular weight is 421 g/mol. The van der Waals surface area contributed by atoms with Gasteiger partial charge in [0.25, 0.3) is 0 Å². The Morgan fingerprint density at radius 2 is 1.87 bits per heavy atom. The highest BCUT2D eigenvalue weighted by atomic mass is 16.5. The molecule has 4 rings (SSSR count). The Hall–Kier alpha value is -3.19. The van der Waals surface area contributed by atoms with E-state index in [1.165, 1.54) is 10.1 Å². The maximum absolute atomic E-state index is 12.8. The summed E-state index contributed by atoms with van der Waals surface area (Å²) in [5, 5.41) is 6.44. The van der Waals surface area contributed by atoms with Crippen LogP contribution >= 0.6 is 0 Å². The first kappa shape index (κ1) is 21.1. The molecule has 2 heterocycles. The van der Waals surface area contributed by atoms with Gasteiger partial charge in [-0.15, -0.1) is 0 Å². The second kappa shape index (κ2) is 8.51. The van der Waals surface area contributed by atoms with E-state index in [9.17, 15) is 9.59 Å². The molecule has 2 N–H and O–H groups in total. The molecule has 31 heavy (non-hydrogen) atoms. The van der Waals surface area contributed by atoms with Gasteiger partial charge in [0.05, 0.1) is 18.2 Å². The predicted octanol–water partition coefficient (Wildman–Crippen LogP) is 4.52. The zero-order valence-corrected chi connectivity index (χ0v) is 18.1. The third-order valence-electron chi connectivity index (χ3n) is 5.53. The van der Waals surface area contributed by atoms with Crippen molar-refractivity contribution in [1.82, 2.24) is 9.55 Å². The summed E-state index contributed by atoms with van der Waals surface area (Å²) < 4.78 is 7.20. The summed E-state index contributed by atoms with van der Waals surface area (Å²) in [5.41, 5.74) is 2.04. The number of para-hydroxylation sites is 1. The fourth-order valence-corrected chi connectivity index (χ4v) is 3.80. The maximum atomic E-state index is 12.8. The first-order valence-corrected chi connectivity index (χ1v) is 10.6. The van der Waals surface area contributed by atoms with E-state index in [1.807, 2.05) is 42.5 Å². The van der Waals surface area contributed by atoms with Crippen molar-refractivity contribution in [1.29, 1.82) is 0 Å². The minimum atomic E-state index is -0.416. The molecule has 1 saturated heterocycles. The van der Waals surface area contributed by atoms with Crippen molar-refractivity contribution < 1.29 is 9.53 Å². The van der Waals surface area contributed by atoms with Crippen molar-refractivity contribution in [2.24, 2.45) is 0 Å². The average Bonchev–Trinajstić information content (AvgIpc) is 3.23. The molecule has 2 amide bonds. The molecule has 0 aliphatic carbocycles. The van der Waals surface area contributed by atoms with Crippen LogP contribution < -0.4 is 16.3 Å². The van der Waals surface area contributed by atoms with Crippen LogP contribution in [0.4, 0.5) is 16.3 Å². The van der Waals surface area contributed by atoms with E-state index < -0.39 is 11.7 Å². The molecule has 1 aliphatic rings. The molecule has 1 fully saturated rings. The predicted molar refractivity (Wildman–Crippen MR) is 123 cm³/mol. The van der Waals surface area contributed by atoms with Crippen LogP contribution in [0.5, 0.6) is 0 Å². The Morgan fingerprint density at radius 3 is 2.55 bits per heavy atom. The molecular formula is C24H28N4O3. The number of carbonyl (C=O) groups excluding carboxylic acids is 1. The van der Waals surface area contributed by atoms with Crippen LogP contribution in [0.15, 0.2) is 53.3 Å². The summed E-state index contributed by atoms with van der Waals surface area (Å²) in [5.74, 6) is 0.426. The van der Waals surface area contributed by atoms with Crippen molar-refractivity contribution in [3.63, 3.8) is 0 Å². The van der Waals surface area contributed by atoms with E-state index in [0.29, 0.717) is 35.6 Å². The summed E-state index contributed by atoms with van der Waals surface area (Å²) in [6.45, 7) is 7.47. The molecule has 0 bridgehead atoms. The molecule has 0 radical (unpaired) electrons. The highest BCUT2D eigenvalue weighted by molar-refractivity contribution is 6.04. The highest BCUT2D eigenvalue weighted by Gasteiger charge is 2.21. The zero-order valence-electron chi connectivity index (χ0n) is 18.1. The lowest BCUT2D eigenvalue weighted by Gasteiger charge is -2.20. The van der Waals surface area contributed by atoms with Crippen LogP contribution in [0.3, 0.4) is 0 Å². The Morgan fingerprint density at radius 1 is 1.13 bits per heavy atom. The standard InChI is InChI=1S/C24H28N4O3/c1-24(2,3)16-10-12-17(13-11-16)25-22(29)27-21-19-8-4-5-9-20(19)26-23(30)28(21)15-18-7-6-14-31-18/h4-5,8-13,18H,6-7,14-15H2,1-3H3,(H2,25,27,29)/t18-/m0/s1. The number of urea groups is 1. The second-order valence-corrected chi connectivity index (χ2v) is 8.91. The number of benzene rings is 2. The number of ether oxygens (including phenoxy) is 1. The lowest BCUT2D eigenvalue weighted by Crippen LogP contribution is -2.33. The Balaban J connectivity index is 1.61. The Labute approximate surface area is 181 Å². The largest absolute Gasteiger partial charge is 0.376 e. The molecule has 1 atom stereocenters. The van der Waals surface area contributed by atoms with Crippen LogP contribution in [0, 0.1) is 0 Å². The fourth-order valence-electron chi connectivity index (χ4n) is 3.80. The number of aromatic nitrogens is 2. The van der Waals surface area contributed by atoms with Crippen LogP contribution in [-0.4, -0.2) is 28.3 Å². The number of rotatable bonds is 4. The third kappa shape index (κ3) is 4.77. The van der Waals surface area contributed by atoms with Crippen LogP contribution in [0.1, 0.15) is 39.2 Å². The van der Waals surface area contributed by atoms with Gasteiger partial charge in [-0.3, -0.25) is 9.88 Å². The molecular weight excluding hydrogens is 392 g/mol. The van der Waals surface area contributed by atoms with Crippen molar-refractivity contribution in [2.75, 3.05) is 17.2 Å². The maximum Gasteiger partial charge on any atom is 0.349 e. The number of hydrogen-bond acceptors (Lipinski definition) is 4. The van der Waals surface area contributed by atoms with Crippen molar-refractivity contribution in [3.8, 4) is 0 Å². The lowest BCUT2D eigenvalue weighted by atomic mass is 9.87. The molecule has 3 aromatic rings. The molecule has 7 heteroatoms. The van der Waals surface area contributed by atoms with E-state index in [4.69, 9.17) is 4.74 Å². The summed E-state index contributed by atoms with van der Waals surface area (Å²) in [6.07, 6.45) is 1.79. The van der Waals surface area contributed by atoms with Gasteiger partial charge in [0, 0.05) is 17.7 Å². The fraction of sp³-hybridized carbons (Fsp3) is 0.375. The Bertz CT molecular complexity index is 1140. The van der Waals surface area contributed by atoms with Gasteiger partial charge < -0.3 is 10.1 Å². The van der Waals surface area contributed by atoms with Gasteiger partial charge >= 0.3 is 11.7 Å². The van der Waals surface area contributed by atoms with Crippen LogP contribution in [0.2, 0.25) is 0 Å². The SMILES string of the molecule is CC(C)(C)c1ccc(NC(=O)Nc2c3ccccc3nc(=O)n2C[C@@H]2CCCO2)cc1. The molecule has 1 aromatic heterocycles. The van der Waals surface area contributed by atoms with Crippen molar-refractivity contribution in [3.05, 3.63) is 64.6 Å². The van der Waals surface area contributed by atoms with E-state index in [1.54, 1.807) is 6.07 Å². The zero-order chi connectivity index (χ0) is 22.0. The summed E-state index contributed by atoms with van der Waals surface area (Å²) in [4.78, 5) is 29.7. The summed E-state index contributed by atoms with van der Waals surface area (Å²) >= 11 is 0. The van der Waals surface area contributed by atoms with Crippen LogP contribution in [0.25, 0.3) is 10.9 Å². The first-order valence-electron chi connectivity index (χ1n) is 10.6. The number of amides is 2.